The van der Waals surface area contributed by atoms with Gasteiger partial charge in [-0.3, -0.25) is 14.5 Å². The molecule has 3 aromatic rings. The van der Waals surface area contributed by atoms with E-state index < -0.39 is 5.91 Å². The van der Waals surface area contributed by atoms with Crippen molar-refractivity contribution in [3.8, 4) is 0 Å². The van der Waals surface area contributed by atoms with Gasteiger partial charge in [-0.15, -0.1) is 0 Å². The van der Waals surface area contributed by atoms with Crippen molar-refractivity contribution >= 4 is 28.3 Å². The van der Waals surface area contributed by atoms with Crippen molar-refractivity contribution in [3.05, 3.63) is 72.4 Å². The van der Waals surface area contributed by atoms with Gasteiger partial charge in [-0.25, -0.2) is 14.4 Å². The zero-order valence-electron chi connectivity index (χ0n) is 15.0. The molecule has 28 heavy (non-hydrogen) atoms. The van der Waals surface area contributed by atoms with Crippen LogP contribution in [0.2, 0.25) is 0 Å². The second-order valence-corrected chi connectivity index (χ2v) is 7.03. The van der Waals surface area contributed by atoms with Crippen molar-refractivity contribution in [1.82, 2.24) is 19.9 Å². The van der Waals surface area contributed by atoms with E-state index in [1.807, 2.05) is 10.8 Å². The van der Waals surface area contributed by atoms with Crippen LogP contribution in [0.4, 0.5) is 9.52 Å². The van der Waals surface area contributed by atoms with Gasteiger partial charge in [0.2, 0.25) is 5.91 Å². The molecule has 0 bridgehead atoms. The van der Waals surface area contributed by atoms with E-state index >= 15 is 0 Å². The third-order valence-corrected chi connectivity index (χ3v) is 4.96. The number of hydrogen-bond acceptors (Lipinski definition) is 5. The molecule has 0 aliphatic heterocycles. The smallest absolute Gasteiger partial charge is 0.263 e. The molecule has 145 valence electrons. The lowest BCUT2D eigenvalue weighted by Gasteiger charge is -2.17. The molecule has 0 aliphatic rings. The largest absolute Gasteiger partial charge is 0.351 e. The summed E-state index contributed by atoms with van der Waals surface area (Å²) in [5.74, 6) is -1.05. The minimum Gasteiger partial charge on any atom is -0.351 e. The summed E-state index contributed by atoms with van der Waals surface area (Å²) in [5, 5.41) is 3.20. The molecule has 0 spiro atoms. The first-order valence-corrected chi connectivity index (χ1v) is 9.42. The summed E-state index contributed by atoms with van der Waals surface area (Å²) >= 11 is 1.11. The molecule has 1 radical (unpaired) electrons. The molecule has 2 aromatic heterocycles. The highest BCUT2D eigenvalue weighted by atomic mass is 32.1. The summed E-state index contributed by atoms with van der Waals surface area (Å²) in [6, 6.07) is 5.83. The van der Waals surface area contributed by atoms with Gasteiger partial charge in [0.1, 0.15) is 10.7 Å². The number of halogens is 1. The molecule has 0 aliphatic carbocycles. The van der Waals surface area contributed by atoms with E-state index in [4.69, 9.17) is 0 Å². The Balaban J connectivity index is 1.57. The van der Waals surface area contributed by atoms with Crippen LogP contribution < -0.4 is 10.2 Å². The average molecular weight is 400 g/mol. The van der Waals surface area contributed by atoms with Crippen molar-refractivity contribution in [3.63, 3.8) is 0 Å². The van der Waals surface area contributed by atoms with Gasteiger partial charge in [0, 0.05) is 32.4 Å². The number of thiazole rings is 1. The second-order valence-electron chi connectivity index (χ2n) is 6.02. The number of aromatic nitrogens is 3. The molecule has 9 heteroatoms. The number of carbonyl (C=O) groups excluding carboxylic acids is 2. The fraction of sp³-hybridized carbons (Fsp3) is 0.211. The van der Waals surface area contributed by atoms with Crippen LogP contribution in [-0.4, -0.2) is 32.9 Å². The molecule has 2 heterocycles. The minimum atomic E-state index is -0.453. The van der Waals surface area contributed by atoms with Gasteiger partial charge < -0.3 is 9.88 Å². The summed E-state index contributed by atoms with van der Waals surface area (Å²) in [6.07, 6.45) is 7.50. The van der Waals surface area contributed by atoms with Crippen LogP contribution >= 0.6 is 11.3 Å². The van der Waals surface area contributed by atoms with E-state index in [1.165, 1.54) is 23.2 Å². The Bertz CT molecular complexity index is 924. The van der Waals surface area contributed by atoms with Crippen LogP contribution in [0.5, 0.6) is 0 Å². The highest BCUT2D eigenvalue weighted by Gasteiger charge is 2.18. The monoisotopic (exact) mass is 400 g/mol. The number of rotatable bonds is 8. The average Bonchev–Trinajstić information content (AvgIpc) is 3.36. The molecule has 7 nitrogen and oxygen atoms in total. The number of aryl methyl sites for hydroxylation is 1. The van der Waals surface area contributed by atoms with Crippen LogP contribution in [0.25, 0.3) is 0 Å². The molecule has 0 unspecified atom stereocenters. The molecule has 2 amide bonds. The number of anilines is 1. The summed E-state index contributed by atoms with van der Waals surface area (Å²) in [6.45, 7) is 4.91. The lowest BCUT2D eigenvalue weighted by atomic mass is 10.2. The maximum atomic E-state index is 13.1. The second kappa shape index (κ2) is 9.23. The van der Waals surface area contributed by atoms with E-state index in [2.05, 4.69) is 22.2 Å². The molecule has 0 atom stereocenters. The van der Waals surface area contributed by atoms with Crippen LogP contribution in [0.15, 0.2) is 49.2 Å². The van der Waals surface area contributed by atoms with Crippen LogP contribution in [-0.2, 0) is 17.9 Å². The molecule has 0 fully saturated rings. The maximum Gasteiger partial charge on any atom is 0.263 e. The quantitative estimate of drug-likeness (QED) is 0.590. The van der Waals surface area contributed by atoms with Gasteiger partial charge in [-0.1, -0.05) is 23.5 Å². The van der Waals surface area contributed by atoms with E-state index in [1.54, 1.807) is 24.7 Å². The van der Waals surface area contributed by atoms with Gasteiger partial charge in [-0.05, 0) is 24.1 Å². The third kappa shape index (κ3) is 5.23. The fourth-order valence-electron chi connectivity index (χ4n) is 2.50. The first-order valence-electron chi connectivity index (χ1n) is 8.60. The maximum absolute atomic E-state index is 13.1. The predicted molar refractivity (Wildman–Crippen MR) is 104 cm³/mol. The van der Waals surface area contributed by atoms with Crippen molar-refractivity contribution in [2.45, 2.75) is 19.5 Å². The van der Waals surface area contributed by atoms with E-state index in [9.17, 15) is 14.0 Å². The van der Waals surface area contributed by atoms with Gasteiger partial charge in [-0.2, -0.15) is 0 Å². The van der Waals surface area contributed by atoms with E-state index in [0.29, 0.717) is 16.6 Å². The Kier molecular flexibility index (Phi) is 6.49. The summed E-state index contributed by atoms with van der Waals surface area (Å²) in [4.78, 5) is 34.1. The van der Waals surface area contributed by atoms with Gasteiger partial charge >= 0.3 is 0 Å². The molecule has 1 N–H and O–H groups in total. The minimum absolute atomic E-state index is 0.197. The van der Waals surface area contributed by atoms with Crippen LogP contribution in [0.1, 0.15) is 21.7 Å². The zero-order chi connectivity index (χ0) is 19.9. The summed E-state index contributed by atoms with van der Waals surface area (Å²) < 4.78 is 15.0. The standard InChI is InChI=1S/C19H19FN5O2S/c1-14(26)25(12-15-3-5-16(20)6-4-15)19-23-11-17(28-19)18(27)22-7-2-9-24-10-8-21-13-24/h3-6,8,10-11,13H,1-2,7,9,12H2,(H,22,27). The first kappa shape index (κ1) is 19.7. The van der Waals surface area contributed by atoms with E-state index in [-0.39, 0.29) is 18.3 Å². The highest BCUT2D eigenvalue weighted by molar-refractivity contribution is 7.17. The van der Waals surface area contributed by atoms with Crippen molar-refractivity contribution in [1.29, 1.82) is 0 Å². The zero-order valence-corrected chi connectivity index (χ0v) is 15.9. The Labute approximate surface area is 165 Å². The molecule has 0 saturated heterocycles. The summed E-state index contributed by atoms with van der Waals surface area (Å²) in [5.41, 5.74) is 0.735. The Morgan fingerprint density at radius 2 is 2.07 bits per heavy atom. The fourth-order valence-corrected chi connectivity index (χ4v) is 3.35. The SMILES string of the molecule is [CH2]C(=O)N(Cc1ccc(F)cc1)c1ncc(C(=O)NCCCn2ccnc2)s1. The number of nitrogens with zero attached hydrogens (tertiary/aromatic N) is 4. The Hall–Kier alpha value is -3.07. The van der Waals surface area contributed by atoms with Crippen LogP contribution in [0.3, 0.4) is 0 Å². The number of carbonyl (C=O) groups is 2. The normalized spacial score (nSPS) is 10.6. The number of nitrogens with one attached hydrogen (secondary N) is 1. The lowest BCUT2D eigenvalue weighted by Crippen LogP contribution is -2.27. The highest BCUT2D eigenvalue weighted by Crippen LogP contribution is 2.24. The lowest BCUT2D eigenvalue weighted by molar-refractivity contribution is -0.114. The van der Waals surface area contributed by atoms with Crippen molar-refractivity contribution in [2.75, 3.05) is 11.4 Å². The van der Waals surface area contributed by atoms with Gasteiger partial charge in [0.05, 0.1) is 19.1 Å². The predicted octanol–water partition coefficient (Wildman–Crippen LogP) is 2.67. The van der Waals surface area contributed by atoms with Gasteiger partial charge in [0.25, 0.3) is 5.91 Å². The van der Waals surface area contributed by atoms with E-state index in [0.717, 1.165) is 29.9 Å². The van der Waals surface area contributed by atoms with Crippen molar-refractivity contribution < 1.29 is 14.0 Å². The van der Waals surface area contributed by atoms with Crippen molar-refractivity contribution in [2.24, 2.45) is 0 Å². The topological polar surface area (TPSA) is 80.1 Å². The third-order valence-electron chi connectivity index (χ3n) is 3.94. The molecular weight excluding hydrogens is 381 g/mol. The Morgan fingerprint density at radius 3 is 2.75 bits per heavy atom. The molecule has 1 aromatic carbocycles. The Morgan fingerprint density at radius 1 is 1.29 bits per heavy atom. The number of amides is 2. The molecule has 0 saturated carbocycles. The number of benzene rings is 1. The first-order chi connectivity index (χ1) is 13.5. The summed E-state index contributed by atoms with van der Waals surface area (Å²) in [7, 11) is 0. The molecule has 3 rings (SSSR count). The molecular formula is C19H19FN5O2S. The number of imidazole rings is 1. The van der Waals surface area contributed by atoms with Gasteiger partial charge in [0.15, 0.2) is 5.13 Å². The van der Waals surface area contributed by atoms with Crippen LogP contribution in [0, 0.1) is 12.7 Å². The number of hydrogen-bond donors (Lipinski definition) is 1.